The third-order valence-electron chi connectivity index (χ3n) is 9.71. The molecule has 0 bridgehead atoms. The van der Waals surface area contributed by atoms with Crippen molar-refractivity contribution in [1.29, 1.82) is 0 Å². The Hall–Kier alpha value is -2.48. The van der Waals surface area contributed by atoms with E-state index in [-0.39, 0.29) is 47.1 Å². The SMILES string of the molecule is CC(C)OC(=O)CCCC1CC[C@@H]2[C@@H](CO[Si](C)(C)C(C)(C)C)[C@H](OC(=O)c3ccc(-c4ccccc4)cc3)C[C@@H]2OC1. The zero-order chi connectivity index (χ0) is 31.2. The van der Waals surface area contributed by atoms with Gasteiger partial charge in [0.2, 0.25) is 0 Å². The second-order valence-corrected chi connectivity index (χ2v) is 19.1. The molecule has 2 aromatic carbocycles. The van der Waals surface area contributed by atoms with Crippen LogP contribution in [0.2, 0.25) is 18.1 Å². The van der Waals surface area contributed by atoms with Crippen LogP contribution in [0.3, 0.4) is 0 Å². The highest BCUT2D eigenvalue weighted by Crippen LogP contribution is 2.45. The highest BCUT2D eigenvalue weighted by atomic mass is 28.4. The molecule has 236 valence electrons. The van der Waals surface area contributed by atoms with E-state index in [1.54, 1.807) is 0 Å². The largest absolute Gasteiger partial charge is 0.463 e. The summed E-state index contributed by atoms with van der Waals surface area (Å²) in [4.78, 5) is 25.4. The van der Waals surface area contributed by atoms with Gasteiger partial charge < -0.3 is 18.6 Å². The molecule has 1 heterocycles. The van der Waals surface area contributed by atoms with Crippen LogP contribution in [0.5, 0.6) is 0 Å². The van der Waals surface area contributed by atoms with Crippen LogP contribution in [0.15, 0.2) is 54.6 Å². The number of benzene rings is 2. The van der Waals surface area contributed by atoms with Crippen molar-refractivity contribution in [3.05, 3.63) is 60.2 Å². The van der Waals surface area contributed by atoms with E-state index >= 15 is 0 Å². The maximum Gasteiger partial charge on any atom is 0.338 e. The smallest absolute Gasteiger partial charge is 0.338 e. The van der Waals surface area contributed by atoms with Crippen molar-refractivity contribution in [1.82, 2.24) is 0 Å². The number of carbonyl (C=O) groups is 2. The molecule has 7 heteroatoms. The van der Waals surface area contributed by atoms with Crippen molar-refractivity contribution in [2.45, 2.75) is 110 Å². The van der Waals surface area contributed by atoms with Gasteiger partial charge in [-0.2, -0.15) is 0 Å². The Morgan fingerprint density at radius 1 is 0.977 bits per heavy atom. The third-order valence-corrected chi connectivity index (χ3v) is 14.2. The van der Waals surface area contributed by atoms with Crippen molar-refractivity contribution in [3.63, 3.8) is 0 Å². The second-order valence-electron chi connectivity index (χ2n) is 14.3. The van der Waals surface area contributed by atoms with Crippen molar-refractivity contribution in [2.24, 2.45) is 17.8 Å². The zero-order valence-electron chi connectivity index (χ0n) is 27.3. The predicted octanol–water partition coefficient (Wildman–Crippen LogP) is 8.45. The van der Waals surface area contributed by atoms with Gasteiger partial charge in [0.05, 0.1) is 17.8 Å². The maximum absolute atomic E-state index is 13.4. The molecule has 0 amide bonds. The normalized spacial score (nSPS) is 24.3. The summed E-state index contributed by atoms with van der Waals surface area (Å²) in [5, 5.41) is 0.0967. The van der Waals surface area contributed by atoms with Gasteiger partial charge in [0.15, 0.2) is 8.32 Å². The van der Waals surface area contributed by atoms with Crippen molar-refractivity contribution in [2.75, 3.05) is 13.2 Å². The Kier molecular flexibility index (Phi) is 11.3. The van der Waals surface area contributed by atoms with Crippen LogP contribution in [0.25, 0.3) is 11.1 Å². The van der Waals surface area contributed by atoms with Gasteiger partial charge in [-0.3, -0.25) is 4.79 Å². The van der Waals surface area contributed by atoms with Gasteiger partial charge >= 0.3 is 11.9 Å². The molecule has 1 aliphatic heterocycles. The van der Waals surface area contributed by atoms with Gasteiger partial charge in [0.25, 0.3) is 0 Å². The fourth-order valence-corrected chi connectivity index (χ4v) is 7.14. The van der Waals surface area contributed by atoms with Crippen molar-refractivity contribution in [3.8, 4) is 11.1 Å². The minimum absolute atomic E-state index is 0.0437. The van der Waals surface area contributed by atoms with Gasteiger partial charge in [0.1, 0.15) is 6.10 Å². The summed E-state index contributed by atoms with van der Waals surface area (Å²) in [5.74, 6) is 0.377. The van der Waals surface area contributed by atoms with E-state index in [1.807, 2.05) is 56.3 Å². The molecule has 2 aromatic rings. The minimum Gasteiger partial charge on any atom is -0.463 e. The summed E-state index contributed by atoms with van der Waals surface area (Å²) in [6, 6.07) is 17.8. The molecule has 2 fully saturated rings. The summed E-state index contributed by atoms with van der Waals surface area (Å²) in [5.41, 5.74) is 2.75. The quantitative estimate of drug-likeness (QED) is 0.188. The molecule has 6 nitrogen and oxygen atoms in total. The summed E-state index contributed by atoms with van der Waals surface area (Å²) in [6.07, 6.45) is 4.69. The molecule has 43 heavy (non-hydrogen) atoms. The van der Waals surface area contributed by atoms with E-state index in [2.05, 4.69) is 46.0 Å². The summed E-state index contributed by atoms with van der Waals surface area (Å²) in [6.45, 7) is 16.3. The van der Waals surface area contributed by atoms with E-state index in [0.717, 1.165) is 36.8 Å². The first-order valence-electron chi connectivity index (χ1n) is 16.2. The van der Waals surface area contributed by atoms with Crippen LogP contribution < -0.4 is 0 Å². The topological polar surface area (TPSA) is 71.1 Å². The Morgan fingerprint density at radius 3 is 2.30 bits per heavy atom. The Bertz CT molecular complexity index is 1190. The molecule has 1 saturated carbocycles. The average molecular weight is 609 g/mol. The number of ether oxygens (including phenoxy) is 3. The second kappa shape index (κ2) is 14.5. The van der Waals surface area contributed by atoms with Gasteiger partial charge in [-0.25, -0.2) is 4.79 Å². The Balaban J connectivity index is 1.41. The lowest BCUT2D eigenvalue weighted by molar-refractivity contribution is -0.147. The number of esters is 2. The molecule has 0 spiro atoms. The van der Waals surface area contributed by atoms with Gasteiger partial charge in [-0.15, -0.1) is 0 Å². The first-order chi connectivity index (χ1) is 20.3. The molecule has 0 N–H and O–H groups in total. The molecular weight excluding hydrogens is 556 g/mol. The standard InChI is InChI=1S/C36H52O6Si/c1-25(2)41-34(37)15-11-12-26-16-21-30-31(24-40-43(6,7)36(3,4)5)33(22-32(30)39-23-26)42-35(38)29-19-17-28(18-20-29)27-13-9-8-10-14-27/h8-10,13-14,17-20,25-26,30-33H,11-12,15-16,21-24H2,1-7H3/t26?,30-,31-,32+,33-/m1/s1. The molecule has 4 rings (SSSR count). The molecule has 1 saturated heterocycles. The van der Waals surface area contributed by atoms with Gasteiger partial charge in [0, 0.05) is 32.0 Å². The lowest BCUT2D eigenvalue weighted by Crippen LogP contribution is -2.43. The van der Waals surface area contributed by atoms with Crippen LogP contribution in [0, 0.1) is 17.8 Å². The molecule has 0 radical (unpaired) electrons. The van der Waals surface area contributed by atoms with E-state index in [9.17, 15) is 9.59 Å². The number of carbonyl (C=O) groups excluding carboxylic acids is 2. The van der Waals surface area contributed by atoms with Crippen molar-refractivity contribution < 1.29 is 28.2 Å². The van der Waals surface area contributed by atoms with Crippen molar-refractivity contribution >= 4 is 20.3 Å². The number of hydrogen-bond acceptors (Lipinski definition) is 6. The number of fused-ring (bicyclic) bond motifs is 1. The van der Waals surface area contributed by atoms with Crippen LogP contribution in [-0.2, 0) is 23.4 Å². The van der Waals surface area contributed by atoms with Crippen LogP contribution in [0.1, 0.15) is 83.5 Å². The molecular formula is C36H52O6Si. The molecule has 1 aliphatic carbocycles. The zero-order valence-corrected chi connectivity index (χ0v) is 28.3. The monoisotopic (exact) mass is 608 g/mol. The van der Waals surface area contributed by atoms with Gasteiger partial charge in [-0.1, -0.05) is 63.2 Å². The van der Waals surface area contributed by atoms with E-state index < -0.39 is 8.32 Å². The summed E-state index contributed by atoms with van der Waals surface area (Å²) < 4.78 is 24.8. The molecule has 1 unspecified atom stereocenters. The fraction of sp³-hybridized carbons (Fsp3) is 0.611. The van der Waals surface area contributed by atoms with E-state index in [4.69, 9.17) is 18.6 Å². The maximum atomic E-state index is 13.4. The first-order valence-corrected chi connectivity index (χ1v) is 19.1. The van der Waals surface area contributed by atoms with E-state index in [0.29, 0.717) is 37.5 Å². The highest BCUT2D eigenvalue weighted by molar-refractivity contribution is 6.74. The van der Waals surface area contributed by atoms with Crippen LogP contribution in [0.4, 0.5) is 0 Å². The number of hydrogen-bond donors (Lipinski definition) is 0. The van der Waals surface area contributed by atoms with E-state index in [1.165, 1.54) is 0 Å². The van der Waals surface area contributed by atoms with Gasteiger partial charge in [-0.05, 0) is 92.8 Å². The summed E-state index contributed by atoms with van der Waals surface area (Å²) in [7, 11) is -1.99. The lowest BCUT2D eigenvalue weighted by Gasteiger charge is -2.38. The Labute approximate surface area is 260 Å². The third kappa shape index (κ3) is 9.02. The fourth-order valence-electron chi connectivity index (χ4n) is 6.10. The lowest BCUT2D eigenvalue weighted by atomic mass is 9.87. The Morgan fingerprint density at radius 2 is 1.65 bits per heavy atom. The highest BCUT2D eigenvalue weighted by Gasteiger charge is 2.48. The first kappa shape index (κ1) is 33.4. The number of rotatable bonds is 11. The van der Waals surface area contributed by atoms with Crippen LogP contribution >= 0.6 is 0 Å². The molecule has 2 aliphatic rings. The average Bonchev–Trinajstić information content (AvgIpc) is 3.15. The predicted molar refractivity (Wildman–Crippen MR) is 173 cm³/mol. The summed E-state index contributed by atoms with van der Waals surface area (Å²) >= 11 is 0. The molecule has 0 aromatic heterocycles. The minimum atomic E-state index is -1.99. The van der Waals surface area contributed by atoms with Crippen LogP contribution in [-0.4, -0.2) is 51.8 Å². The molecule has 5 atom stereocenters.